The summed E-state index contributed by atoms with van der Waals surface area (Å²) in [5.74, 6) is 1.07. The first-order chi connectivity index (χ1) is 14.1. The highest BCUT2D eigenvalue weighted by Gasteiger charge is 2.20. The summed E-state index contributed by atoms with van der Waals surface area (Å²) in [6.07, 6.45) is 7.19. The molecule has 0 amide bonds. The Kier molecular flexibility index (Phi) is 4.78. The van der Waals surface area contributed by atoms with E-state index in [-0.39, 0.29) is 5.56 Å². The molecular weight excluding hydrogens is 429 g/mol. The summed E-state index contributed by atoms with van der Waals surface area (Å²) >= 11 is 14.0. The molecule has 146 valence electrons. The third kappa shape index (κ3) is 3.31. The number of thiophene rings is 1. The zero-order chi connectivity index (χ0) is 20.0. The van der Waals surface area contributed by atoms with Gasteiger partial charge in [0.15, 0.2) is 0 Å². The molecule has 0 atom stereocenters. The molecule has 0 spiro atoms. The summed E-state index contributed by atoms with van der Waals surface area (Å²) in [6.45, 7) is 0. The minimum atomic E-state index is -0.143. The van der Waals surface area contributed by atoms with Crippen molar-refractivity contribution in [3.8, 4) is 11.3 Å². The molecule has 8 heteroatoms. The van der Waals surface area contributed by atoms with E-state index in [1.807, 2.05) is 12.1 Å². The summed E-state index contributed by atoms with van der Waals surface area (Å²) < 4.78 is 7.07. The SMILES string of the molecule is O=c1c2c3c(sc2ncn1/N=C\c1ccc(-c2cccc(Cl)c2Cl)o1)CCCC3. The monoisotopic (exact) mass is 443 g/mol. The second kappa shape index (κ2) is 7.44. The lowest BCUT2D eigenvalue weighted by Gasteiger charge is -2.09. The average molecular weight is 444 g/mol. The molecule has 0 radical (unpaired) electrons. The number of furan rings is 1. The normalized spacial score (nSPS) is 14.0. The third-order valence-electron chi connectivity index (χ3n) is 5.01. The van der Waals surface area contributed by atoms with E-state index in [1.165, 1.54) is 28.5 Å². The van der Waals surface area contributed by atoms with Gasteiger partial charge >= 0.3 is 0 Å². The zero-order valence-corrected chi connectivity index (χ0v) is 17.5. The van der Waals surface area contributed by atoms with E-state index in [2.05, 4.69) is 10.1 Å². The Hall–Kier alpha value is -2.41. The Morgan fingerprint density at radius 1 is 1.17 bits per heavy atom. The van der Waals surface area contributed by atoms with E-state index in [9.17, 15) is 4.79 Å². The maximum absolute atomic E-state index is 12.9. The number of hydrogen-bond donors (Lipinski definition) is 0. The zero-order valence-electron chi connectivity index (χ0n) is 15.2. The summed E-state index contributed by atoms with van der Waals surface area (Å²) in [5, 5.41) is 5.86. The highest BCUT2D eigenvalue weighted by Crippen LogP contribution is 2.34. The summed E-state index contributed by atoms with van der Waals surface area (Å²) in [5.41, 5.74) is 1.70. The van der Waals surface area contributed by atoms with Crippen molar-refractivity contribution in [2.45, 2.75) is 25.7 Å². The molecule has 0 saturated heterocycles. The summed E-state index contributed by atoms with van der Waals surface area (Å²) in [7, 11) is 0. The number of aromatic nitrogens is 2. The molecule has 1 aliphatic rings. The third-order valence-corrected chi connectivity index (χ3v) is 7.03. The molecule has 0 aliphatic heterocycles. The first-order valence-corrected chi connectivity index (χ1v) is 10.8. The number of aryl methyl sites for hydroxylation is 2. The van der Waals surface area contributed by atoms with E-state index in [1.54, 1.807) is 29.5 Å². The highest BCUT2D eigenvalue weighted by molar-refractivity contribution is 7.18. The predicted molar refractivity (Wildman–Crippen MR) is 118 cm³/mol. The smallest absolute Gasteiger partial charge is 0.282 e. The molecule has 29 heavy (non-hydrogen) atoms. The summed E-state index contributed by atoms with van der Waals surface area (Å²) in [6, 6.07) is 8.91. The van der Waals surface area contributed by atoms with Crippen LogP contribution in [0.5, 0.6) is 0 Å². The van der Waals surface area contributed by atoms with Gasteiger partial charge in [0, 0.05) is 10.4 Å². The van der Waals surface area contributed by atoms with Crippen LogP contribution in [0, 0.1) is 0 Å². The fourth-order valence-electron chi connectivity index (χ4n) is 3.60. The van der Waals surface area contributed by atoms with Crippen LogP contribution >= 0.6 is 34.5 Å². The molecule has 3 heterocycles. The van der Waals surface area contributed by atoms with Gasteiger partial charge in [-0.15, -0.1) is 11.3 Å². The molecule has 0 saturated carbocycles. The van der Waals surface area contributed by atoms with Gasteiger partial charge in [0.1, 0.15) is 22.7 Å². The molecule has 0 bridgehead atoms. The van der Waals surface area contributed by atoms with Gasteiger partial charge in [-0.3, -0.25) is 4.79 Å². The minimum Gasteiger partial charge on any atom is -0.455 e. The van der Waals surface area contributed by atoms with Crippen molar-refractivity contribution in [2.75, 3.05) is 0 Å². The van der Waals surface area contributed by atoms with Crippen LogP contribution < -0.4 is 5.56 Å². The Bertz CT molecular complexity index is 1320. The van der Waals surface area contributed by atoms with Crippen molar-refractivity contribution in [2.24, 2.45) is 5.10 Å². The number of fused-ring (bicyclic) bond motifs is 3. The van der Waals surface area contributed by atoms with Gasteiger partial charge in [-0.2, -0.15) is 9.78 Å². The second-order valence-corrected chi connectivity index (χ2v) is 8.70. The molecule has 3 aromatic heterocycles. The number of hydrogen-bond acceptors (Lipinski definition) is 5. The molecule has 0 fully saturated rings. The largest absolute Gasteiger partial charge is 0.455 e. The van der Waals surface area contributed by atoms with Crippen LogP contribution in [-0.4, -0.2) is 15.9 Å². The van der Waals surface area contributed by atoms with Gasteiger partial charge in [-0.25, -0.2) is 4.98 Å². The Labute approximate surface area is 180 Å². The van der Waals surface area contributed by atoms with E-state index in [0.29, 0.717) is 32.5 Å². The van der Waals surface area contributed by atoms with Crippen molar-refractivity contribution in [3.05, 3.63) is 73.3 Å². The molecule has 1 aliphatic carbocycles. The van der Waals surface area contributed by atoms with Crippen molar-refractivity contribution < 1.29 is 4.42 Å². The van der Waals surface area contributed by atoms with E-state index < -0.39 is 0 Å². The molecule has 4 aromatic rings. The van der Waals surface area contributed by atoms with Crippen molar-refractivity contribution in [1.82, 2.24) is 9.66 Å². The van der Waals surface area contributed by atoms with Crippen LogP contribution in [0.15, 0.2) is 51.0 Å². The van der Waals surface area contributed by atoms with Gasteiger partial charge < -0.3 is 4.42 Å². The number of nitrogens with zero attached hydrogens (tertiary/aromatic N) is 3. The van der Waals surface area contributed by atoms with Crippen LogP contribution in [0.3, 0.4) is 0 Å². The van der Waals surface area contributed by atoms with Gasteiger partial charge in [0.2, 0.25) is 0 Å². The lowest BCUT2D eigenvalue weighted by molar-refractivity contribution is 0.574. The van der Waals surface area contributed by atoms with Gasteiger partial charge in [0.25, 0.3) is 5.56 Å². The van der Waals surface area contributed by atoms with E-state index >= 15 is 0 Å². The average Bonchev–Trinajstić information content (AvgIpc) is 3.34. The van der Waals surface area contributed by atoms with Crippen LogP contribution in [0.4, 0.5) is 0 Å². The van der Waals surface area contributed by atoms with Gasteiger partial charge in [-0.05, 0) is 55.5 Å². The maximum Gasteiger partial charge on any atom is 0.282 e. The number of benzene rings is 1. The summed E-state index contributed by atoms with van der Waals surface area (Å²) in [4.78, 5) is 19.5. The predicted octanol–water partition coefficient (Wildman–Crippen LogP) is 5.79. The van der Waals surface area contributed by atoms with Gasteiger partial charge in [-0.1, -0.05) is 29.3 Å². The van der Waals surface area contributed by atoms with E-state index in [0.717, 1.165) is 29.7 Å². The Morgan fingerprint density at radius 2 is 2.03 bits per heavy atom. The lowest BCUT2D eigenvalue weighted by Crippen LogP contribution is -2.17. The minimum absolute atomic E-state index is 0.143. The second-order valence-electron chi connectivity index (χ2n) is 6.83. The van der Waals surface area contributed by atoms with Crippen molar-refractivity contribution in [1.29, 1.82) is 0 Å². The van der Waals surface area contributed by atoms with Crippen LogP contribution in [-0.2, 0) is 12.8 Å². The number of rotatable bonds is 3. The first kappa shape index (κ1) is 18.6. The van der Waals surface area contributed by atoms with Crippen molar-refractivity contribution in [3.63, 3.8) is 0 Å². The van der Waals surface area contributed by atoms with Gasteiger partial charge in [0.05, 0.1) is 21.6 Å². The molecule has 0 unspecified atom stereocenters. The quantitative estimate of drug-likeness (QED) is 0.376. The molecule has 5 nitrogen and oxygen atoms in total. The molecule has 1 aromatic carbocycles. The topological polar surface area (TPSA) is 60.4 Å². The van der Waals surface area contributed by atoms with Crippen LogP contribution in [0.2, 0.25) is 10.0 Å². The fourth-order valence-corrected chi connectivity index (χ4v) is 5.21. The molecule has 0 N–H and O–H groups in total. The highest BCUT2D eigenvalue weighted by atomic mass is 35.5. The Balaban J connectivity index is 1.49. The molecule has 5 rings (SSSR count). The van der Waals surface area contributed by atoms with Crippen molar-refractivity contribution >= 4 is 51.0 Å². The Morgan fingerprint density at radius 3 is 2.93 bits per heavy atom. The first-order valence-electron chi connectivity index (χ1n) is 9.22. The van der Waals surface area contributed by atoms with E-state index in [4.69, 9.17) is 27.6 Å². The fraction of sp³-hybridized carbons (Fsp3) is 0.190. The lowest BCUT2D eigenvalue weighted by atomic mass is 9.97. The van der Waals surface area contributed by atoms with Crippen LogP contribution in [0.1, 0.15) is 29.0 Å². The maximum atomic E-state index is 12.9. The standard InChI is InChI=1S/C21H15Cl2N3O2S/c22-15-6-3-5-13(19(15)23)16-9-8-12(28-16)10-25-26-11-24-20-18(21(26)27)14-4-1-2-7-17(14)29-20/h3,5-6,8-11H,1-2,4,7H2/b25-10-. The number of halogens is 2. The molecular formula is C21H15Cl2N3O2S. The van der Waals surface area contributed by atoms with Crippen LogP contribution in [0.25, 0.3) is 21.5 Å².